The number of nitrogens with zero attached hydrogens (tertiary/aromatic N) is 6. The molecule has 0 spiro atoms. The van der Waals surface area contributed by atoms with E-state index in [2.05, 4.69) is 25.9 Å². The minimum absolute atomic E-state index is 0.0457. The number of aryl methyl sites for hydroxylation is 2. The highest BCUT2D eigenvalue weighted by atomic mass is 35.5. The largest absolute Gasteiger partial charge is 0.319 e. The predicted molar refractivity (Wildman–Crippen MR) is 125 cm³/mol. The van der Waals surface area contributed by atoms with Crippen LogP contribution in [0.4, 0.5) is 10.1 Å². The topological polar surface area (TPSA) is 90.5 Å². The van der Waals surface area contributed by atoms with Gasteiger partial charge in [-0.25, -0.2) is 4.39 Å². The molecular weight excluding hydrogens is 465 g/mol. The van der Waals surface area contributed by atoms with Gasteiger partial charge in [-0.2, -0.15) is 9.78 Å². The van der Waals surface area contributed by atoms with Gasteiger partial charge in [0.1, 0.15) is 10.6 Å². The summed E-state index contributed by atoms with van der Waals surface area (Å²) < 4.78 is 17.8. The Morgan fingerprint density at radius 2 is 1.94 bits per heavy atom. The maximum absolute atomic E-state index is 14.4. The van der Waals surface area contributed by atoms with Crippen LogP contribution in [0.5, 0.6) is 0 Å². The second kappa shape index (κ2) is 8.38. The Kier molecular flexibility index (Phi) is 5.39. The van der Waals surface area contributed by atoms with Crippen molar-refractivity contribution in [2.24, 2.45) is 0 Å². The highest BCUT2D eigenvalue weighted by Crippen LogP contribution is 2.30. The molecule has 0 aliphatic rings. The van der Waals surface area contributed by atoms with E-state index in [1.54, 1.807) is 19.1 Å². The van der Waals surface area contributed by atoms with Crippen LogP contribution >= 0.6 is 22.9 Å². The van der Waals surface area contributed by atoms with Crippen LogP contribution in [0.2, 0.25) is 5.02 Å². The van der Waals surface area contributed by atoms with E-state index in [-0.39, 0.29) is 5.69 Å². The molecule has 0 bridgehead atoms. The zero-order chi connectivity index (χ0) is 23.1. The number of halogens is 2. The van der Waals surface area contributed by atoms with Gasteiger partial charge in [-0.1, -0.05) is 23.7 Å². The minimum Gasteiger partial charge on any atom is -0.319 e. The van der Waals surface area contributed by atoms with Crippen LogP contribution in [0, 0.1) is 19.7 Å². The second-order valence-corrected chi connectivity index (χ2v) is 8.92. The Labute approximate surface area is 196 Å². The summed E-state index contributed by atoms with van der Waals surface area (Å²) in [5, 5.41) is 20.1. The van der Waals surface area contributed by atoms with Crippen molar-refractivity contribution in [2.45, 2.75) is 20.4 Å². The maximum atomic E-state index is 14.4. The summed E-state index contributed by atoms with van der Waals surface area (Å²) in [5.74, 6) is -0.411. The highest BCUT2D eigenvalue weighted by Gasteiger charge is 2.18. The molecule has 0 saturated heterocycles. The summed E-state index contributed by atoms with van der Waals surface area (Å²) in [6, 6.07) is 13.6. The van der Waals surface area contributed by atoms with E-state index in [1.165, 1.54) is 28.2 Å². The first-order chi connectivity index (χ1) is 15.9. The van der Waals surface area contributed by atoms with Crippen molar-refractivity contribution in [1.82, 2.24) is 30.0 Å². The third-order valence-corrected chi connectivity index (χ3v) is 6.54. The minimum atomic E-state index is -0.552. The van der Waals surface area contributed by atoms with Gasteiger partial charge in [-0.3, -0.25) is 9.48 Å². The normalized spacial score (nSPS) is 11.3. The predicted octanol–water partition coefficient (Wildman–Crippen LogP) is 4.78. The maximum Gasteiger partial charge on any atom is 0.265 e. The molecule has 11 heteroatoms. The molecule has 1 amide bonds. The van der Waals surface area contributed by atoms with E-state index in [1.807, 2.05) is 35.9 Å². The van der Waals surface area contributed by atoms with E-state index >= 15 is 0 Å². The zero-order valence-electron chi connectivity index (χ0n) is 17.6. The van der Waals surface area contributed by atoms with Crippen molar-refractivity contribution < 1.29 is 9.18 Å². The number of hydrogen-bond donors (Lipinski definition) is 1. The number of aromatic nitrogens is 6. The van der Waals surface area contributed by atoms with Gasteiger partial charge < -0.3 is 5.32 Å². The van der Waals surface area contributed by atoms with Crippen molar-refractivity contribution in [1.29, 1.82) is 0 Å². The molecule has 0 unspecified atom stereocenters. The van der Waals surface area contributed by atoms with Gasteiger partial charge in [-0.05, 0) is 66.2 Å². The molecule has 0 saturated carbocycles. The number of fused-ring (bicyclic) bond motifs is 1. The van der Waals surface area contributed by atoms with Crippen LogP contribution < -0.4 is 5.32 Å². The lowest BCUT2D eigenvalue weighted by Gasteiger charge is -2.08. The summed E-state index contributed by atoms with van der Waals surface area (Å²) >= 11 is 7.28. The number of benzene rings is 2. The first-order valence-electron chi connectivity index (χ1n) is 9.96. The fourth-order valence-electron chi connectivity index (χ4n) is 3.49. The summed E-state index contributed by atoms with van der Waals surface area (Å²) in [7, 11) is 0. The van der Waals surface area contributed by atoms with Crippen LogP contribution in [-0.2, 0) is 6.54 Å². The average molecular weight is 482 g/mol. The number of nitrogens with one attached hydrogen (secondary N) is 1. The molecule has 2 aromatic carbocycles. The molecule has 0 radical (unpaired) electrons. The smallest absolute Gasteiger partial charge is 0.265 e. The third kappa shape index (κ3) is 4.10. The second-order valence-electron chi connectivity index (χ2n) is 7.46. The monoisotopic (exact) mass is 481 g/mol. The van der Waals surface area contributed by atoms with Gasteiger partial charge in [0.25, 0.3) is 5.91 Å². The fraction of sp³-hybridized carbons (Fsp3) is 0.136. The number of thiophene rings is 1. The van der Waals surface area contributed by atoms with Crippen molar-refractivity contribution in [3.05, 3.63) is 81.3 Å². The van der Waals surface area contributed by atoms with Gasteiger partial charge in [-0.15, -0.1) is 16.4 Å². The molecule has 5 rings (SSSR count). The number of carbonyl (C=O) groups excluding carboxylic acids is 1. The van der Waals surface area contributed by atoms with Gasteiger partial charge in [0.05, 0.1) is 28.5 Å². The lowest BCUT2D eigenvalue weighted by Crippen LogP contribution is -2.12. The molecule has 0 aliphatic carbocycles. The first kappa shape index (κ1) is 21.2. The molecule has 0 atom stereocenters. The SMILES string of the molecule is Cc1nn(Cc2ccc(Cl)cc2)c2sc(C(=O)Nc3cc(-n4nnnc4C)ccc3F)cc12. The van der Waals surface area contributed by atoms with Crippen LogP contribution in [-0.4, -0.2) is 35.9 Å². The lowest BCUT2D eigenvalue weighted by atomic mass is 10.2. The van der Waals surface area contributed by atoms with Crippen molar-refractivity contribution >= 4 is 44.7 Å². The summed E-state index contributed by atoms with van der Waals surface area (Å²) in [4.78, 5) is 14.3. The molecule has 5 aromatic rings. The molecule has 0 fully saturated rings. The Balaban J connectivity index is 1.42. The van der Waals surface area contributed by atoms with E-state index in [4.69, 9.17) is 11.6 Å². The van der Waals surface area contributed by atoms with Gasteiger partial charge in [0.2, 0.25) is 0 Å². The number of amides is 1. The van der Waals surface area contributed by atoms with Crippen molar-refractivity contribution in [3.8, 4) is 5.69 Å². The molecule has 3 heterocycles. The number of hydrogen-bond acceptors (Lipinski definition) is 6. The number of rotatable bonds is 5. The van der Waals surface area contributed by atoms with Crippen molar-refractivity contribution in [3.63, 3.8) is 0 Å². The quantitative estimate of drug-likeness (QED) is 0.390. The van der Waals surface area contributed by atoms with Gasteiger partial charge >= 0.3 is 0 Å². The van der Waals surface area contributed by atoms with Crippen LogP contribution in [0.25, 0.3) is 15.9 Å². The van der Waals surface area contributed by atoms with E-state index in [0.717, 1.165) is 21.5 Å². The summed E-state index contributed by atoms with van der Waals surface area (Å²) in [6.07, 6.45) is 0. The highest BCUT2D eigenvalue weighted by molar-refractivity contribution is 7.20. The molecule has 166 valence electrons. The molecule has 3 aromatic heterocycles. The van der Waals surface area contributed by atoms with Crippen LogP contribution in [0.15, 0.2) is 48.5 Å². The number of tetrazole rings is 1. The Morgan fingerprint density at radius 1 is 1.15 bits per heavy atom. The van der Waals surface area contributed by atoms with Gasteiger partial charge in [0, 0.05) is 10.4 Å². The Morgan fingerprint density at radius 3 is 2.67 bits per heavy atom. The van der Waals surface area contributed by atoms with E-state index in [0.29, 0.717) is 28.0 Å². The van der Waals surface area contributed by atoms with E-state index < -0.39 is 11.7 Å². The molecule has 0 aliphatic heterocycles. The average Bonchev–Trinajstić information content (AvgIpc) is 3.49. The summed E-state index contributed by atoms with van der Waals surface area (Å²) in [5.41, 5.74) is 2.45. The van der Waals surface area contributed by atoms with E-state index in [9.17, 15) is 9.18 Å². The van der Waals surface area contributed by atoms with Crippen molar-refractivity contribution in [2.75, 3.05) is 5.32 Å². The Bertz CT molecular complexity index is 1490. The molecule has 33 heavy (non-hydrogen) atoms. The van der Waals surface area contributed by atoms with Gasteiger partial charge in [0.15, 0.2) is 5.82 Å². The summed E-state index contributed by atoms with van der Waals surface area (Å²) in [6.45, 7) is 4.17. The van der Waals surface area contributed by atoms with Crippen LogP contribution in [0.1, 0.15) is 26.8 Å². The number of anilines is 1. The standard InChI is InChI=1S/C22H17ClFN7OS/c1-12-17-10-20(33-22(17)30(27-12)11-14-3-5-15(23)6-4-14)21(32)25-19-9-16(7-8-18(19)24)31-13(2)26-28-29-31/h3-10H,11H2,1-2H3,(H,25,32). The fourth-order valence-corrected chi connectivity index (χ4v) is 4.67. The van der Waals surface area contributed by atoms with Crippen LogP contribution in [0.3, 0.4) is 0 Å². The molecule has 8 nitrogen and oxygen atoms in total. The first-order valence-corrected chi connectivity index (χ1v) is 11.2. The lowest BCUT2D eigenvalue weighted by molar-refractivity contribution is 0.103. The Hall–Kier alpha value is -3.63. The molecular formula is C22H17ClFN7OS. The number of carbonyl (C=O) groups is 1. The molecule has 1 N–H and O–H groups in total. The zero-order valence-corrected chi connectivity index (χ0v) is 19.2. The third-order valence-electron chi connectivity index (χ3n) is 5.14.